The van der Waals surface area contributed by atoms with E-state index >= 15 is 0 Å². The van der Waals surface area contributed by atoms with E-state index in [9.17, 15) is 19.5 Å². The fourth-order valence-corrected chi connectivity index (χ4v) is 4.02. The summed E-state index contributed by atoms with van der Waals surface area (Å²) < 4.78 is 0.821. The van der Waals surface area contributed by atoms with Crippen molar-refractivity contribution in [2.24, 2.45) is 0 Å². The molecule has 0 bridgehead atoms. The van der Waals surface area contributed by atoms with E-state index < -0.39 is 29.2 Å². The summed E-state index contributed by atoms with van der Waals surface area (Å²) in [5.74, 6) is -1.70. The predicted molar refractivity (Wildman–Crippen MR) is 70.6 cm³/mol. The number of alkyl halides is 1. The number of amides is 2. The maximum atomic E-state index is 12.0. The number of carbonyl (C=O) groups is 3. The van der Waals surface area contributed by atoms with Gasteiger partial charge in [0.2, 0.25) is 5.91 Å². The molecule has 9 heteroatoms. The van der Waals surface area contributed by atoms with Gasteiger partial charge in [-0.1, -0.05) is 0 Å². The molecule has 0 saturated carbocycles. The quantitative estimate of drug-likeness (QED) is 0.473. The lowest BCUT2D eigenvalue weighted by Gasteiger charge is -2.50. The standard InChI is InChI=1S/C10H10Cl2N2O4S/c1-4(15)14(12)7-8(16)13-6(10(17)18)5(2-11)3-19-9(7)13/h7,9H,2-3H2,1H3,(H,17,18). The first kappa shape index (κ1) is 14.5. The Kier molecular flexibility index (Phi) is 3.98. The first-order valence-corrected chi connectivity index (χ1v) is 7.23. The average molecular weight is 325 g/mol. The highest BCUT2D eigenvalue weighted by Gasteiger charge is 2.56. The van der Waals surface area contributed by atoms with Gasteiger partial charge in [0.15, 0.2) is 6.04 Å². The van der Waals surface area contributed by atoms with Crippen LogP contribution in [0, 0.1) is 0 Å². The van der Waals surface area contributed by atoms with Crippen LogP contribution < -0.4 is 0 Å². The summed E-state index contributed by atoms with van der Waals surface area (Å²) >= 11 is 12.8. The summed E-state index contributed by atoms with van der Waals surface area (Å²) in [6.45, 7) is 1.24. The van der Waals surface area contributed by atoms with Crippen molar-refractivity contribution in [3.05, 3.63) is 11.3 Å². The molecule has 0 radical (unpaired) electrons. The second kappa shape index (κ2) is 5.22. The van der Waals surface area contributed by atoms with E-state index in [1.807, 2.05) is 0 Å². The summed E-state index contributed by atoms with van der Waals surface area (Å²) in [6.07, 6.45) is 0. The molecule has 0 spiro atoms. The molecule has 2 aliphatic rings. The van der Waals surface area contributed by atoms with Gasteiger partial charge in [0.25, 0.3) is 5.91 Å². The van der Waals surface area contributed by atoms with Gasteiger partial charge in [-0.15, -0.1) is 23.4 Å². The fourth-order valence-electron chi connectivity index (χ4n) is 2.04. The number of carbonyl (C=O) groups excluding carboxylic acids is 2. The van der Waals surface area contributed by atoms with Gasteiger partial charge >= 0.3 is 5.97 Å². The van der Waals surface area contributed by atoms with Gasteiger partial charge in [-0.2, -0.15) is 0 Å². The van der Waals surface area contributed by atoms with E-state index in [1.165, 1.54) is 18.7 Å². The van der Waals surface area contributed by atoms with Crippen molar-refractivity contribution >= 4 is 52.9 Å². The Morgan fingerprint density at radius 3 is 2.68 bits per heavy atom. The lowest BCUT2D eigenvalue weighted by Crippen LogP contribution is -2.69. The van der Waals surface area contributed by atoms with Crippen molar-refractivity contribution in [3.8, 4) is 0 Å². The molecule has 0 aromatic rings. The summed E-state index contributed by atoms with van der Waals surface area (Å²) in [6, 6.07) is -0.824. The Morgan fingerprint density at radius 2 is 2.21 bits per heavy atom. The van der Waals surface area contributed by atoms with Crippen molar-refractivity contribution in [3.63, 3.8) is 0 Å². The smallest absolute Gasteiger partial charge is 0.352 e. The van der Waals surface area contributed by atoms with Crippen LogP contribution in [0.1, 0.15) is 6.92 Å². The monoisotopic (exact) mass is 324 g/mol. The molecule has 6 nitrogen and oxygen atoms in total. The van der Waals surface area contributed by atoms with Crippen molar-refractivity contribution < 1.29 is 19.5 Å². The SMILES string of the molecule is CC(=O)N(Cl)C1C(=O)N2C(C(=O)O)=C(CCl)CSC12. The molecular formula is C10H10Cl2N2O4S. The first-order chi connectivity index (χ1) is 8.90. The maximum Gasteiger partial charge on any atom is 0.352 e. The second-order valence-electron chi connectivity index (χ2n) is 4.08. The van der Waals surface area contributed by atoms with Gasteiger partial charge in [-0.05, 0) is 5.57 Å². The molecular weight excluding hydrogens is 315 g/mol. The molecule has 0 aromatic carbocycles. The van der Waals surface area contributed by atoms with Crippen LogP contribution in [0.4, 0.5) is 0 Å². The number of nitrogens with zero attached hydrogens (tertiary/aromatic N) is 2. The van der Waals surface area contributed by atoms with Gasteiger partial charge < -0.3 is 5.11 Å². The highest BCUT2D eigenvalue weighted by atomic mass is 35.5. The van der Waals surface area contributed by atoms with Gasteiger partial charge in [0.05, 0.1) is 0 Å². The molecule has 104 valence electrons. The zero-order chi connectivity index (χ0) is 14.3. The van der Waals surface area contributed by atoms with Crippen LogP contribution in [0.2, 0.25) is 0 Å². The second-order valence-corrected chi connectivity index (χ2v) is 5.81. The van der Waals surface area contributed by atoms with Crippen LogP contribution >= 0.6 is 35.1 Å². The topological polar surface area (TPSA) is 77.9 Å². The minimum absolute atomic E-state index is 0.0487. The molecule has 2 unspecified atom stereocenters. The third-order valence-electron chi connectivity index (χ3n) is 2.93. The van der Waals surface area contributed by atoms with Crippen LogP contribution in [0.25, 0.3) is 0 Å². The zero-order valence-corrected chi connectivity index (χ0v) is 12.1. The number of carboxylic acid groups (broad SMARTS) is 1. The molecule has 1 saturated heterocycles. The molecule has 0 aromatic heterocycles. The minimum Gasteiger partial charge on any atom is -0.477 e. The molecule has 2 rings (SSSR count). The Labute approximate surface area is 123 Å². The van der Waals surface area contributed by atoms with Crippen LogP contribution in [0.15, 0.2) is 11.3 Å². The number of thioether (sulfide) groups is 1. The summed E-state index contributed by atoms with van der Waals surface area (Å²) in [5, 5.41) is 8.71. The third-order valence-corrected chi connectivity index (χ3v) is 5.02. The average Bonchev–Trinajstić information content (AvgIpc) is 2.36. The highest BCUT2D eigenvalue weighted by Crippen LogP contribution is 2.43. The van der Waals surface area contributed by atoms with E-state index in [0.717, 1.165) is 9.32 Å². The van der Waals surface area contributed by atoms with Crippen LogP contribution in [-0.2, 0) is 14.4 Å². The van der Waals surface area contributed by atoms with Crippen molar-refractivity contribution in [2.45, 2.75) is 18.3 Å². The summed E-state index contributed by atoms with van der Waals surface area (Å²) in [7, 11) is 0. The summed E-state index contributed by atoms with van der Waals surface area (Å²) in [5.41, 5.74) is 0.403. The number of fused-ring (bicyclic) bond motifs is 1. The third kappa shape index (κ3) is 2.19. The van der Waals surface area contributed by atoms with Crippen molar-refractivity contribution in [1.82, 2.24) is 9.32 Å². The predicted octanol–water partition coefficient (Wildman–Crippen LogP) is 0.850. The van der Waals surface area contributed by atoms with Crippen molar-refractivity contribution in [2.75, 3.05) is 11.6 Å². The van der Waals surface area contributed by atoms with Gasteiger partial charge in [0.1, 0.15) is 11.1 Å². The number of hydrogen-bond donors (Lipinski definition) is 1. The Bertz CT molecular complexity index is 496. The van der Waals surface area contributed by atoms with E-state index in [4.69, 9.17) is 23.4 Å². The molecule has 2 aliphatic heterocycles. The summed E-state index contributed by atoms with van der Waals surface area (Å²) in [4.78, 5) is 35.6. The van der Waals surface area contributed by atoms with Crippen molar-refractivity contribution in [1.29, 1.82) is 0 Å². The largest absolute Gasteiger partial charge is 0.477 e. The number of carboxylic acids is 1. The fraction of sp³-hybridized carbons (Fsp3) is 0.500. The highest BCUT2D eigenvalue weighted by molar-refractivity contribution is 8.00. The molecule has 1 fully saturated rings. The van der Waals surface area contributed by atoms with E-state index in [-0.39, 0.29) is 11.6 Å². The van der Waals surface area contributed by atoms with Gasteiger partial charge in [-0.25, -0.2) is 9.21 Å². The molecule has 2 heterocycles. The van der Waals surface area contributed by atoms with E-state index in [1.54, 1.807) is 0 Å². The van der Waals surface area contributed by atoms with Crippen LogP contribution in [-0.4, -0.2) is 55.3 Å². The number of rotatable bonds is 3. The minimum atomic E-state index is -1.20. The Balaban J connectivity index is 2.31. The lowest BCUT2D eigenvalue weighted by molar-refractivity contribution is -0.154. The number of halogens is 2. The normalized spacial score (nSPS) is 25.8. The number of β-lactam (4-membered cyclic amide) rings is 1. The zero-order valence-electron chi connectivity index (χ0n) is 9.80. The van der Waals surface area contributed by atoms with E-state index in [0.29, 0.717) is 11.3 Å². The molecule has 0 aliphatic carbocycles. The molecule has 2 atom stereocenters. The Morgan fingerprint density at radius 1 is 1.58 bits per heavy atom. The lowest BCUT2D eigenvalue weighted by atomic mass is 10.0. The van der Waals surface area contributed by atoms with Gasteiger partial charge in [-0.3, -0.25) is 14.5 Å². The number of hydrogen-bond acceptors (Lipinski definition) is 4. The van der Waals surface area contributed by atoms with Crippen LogP contribution in [0.3, 0.4) is 0 Å². The molecule has 2 amide bonds. The molecule has 19 heavy (non-hydrogen) atoms. The first-order valence-electron chi connectivity index (χ1n) is 5.31. The molecule has 1 N–H and O–H groups in total. The van der Waals surface area contributed by atoms with E-state index in [2.05, 4.69) is 0 Å². The maximum absolute atomic E-state index is 12.0. The number of aliphatic carboxylic acids is 1. The Hall–Kier alpha value is -0.920. The van der Waals surface area contributed by atoms with Gasteiger partial charge in [0, 0.05) is 30.3 Å². The van der Waals surface area contributed by atoms with Crippen LogP contribution in [0.5, 0.6) is 0 Å².